The molecule has 1 aliphatic heterocycles. The highest BCUT2D eigenvalue weighted by atomic mass is 15.1. The SMILES string of the molecule is Cc1ccc(N2Cc3ccc(Nc4ccccc4)cc3C2)cc1C. The number of para-hydroxylation sites is 1. The minimum absolute atomic E-state index is 0.974. The van der Waals surface area contributed by atoms with Gasteiger partial charge in [-0.15, -0.1) is 0 Å². The molecule has 3 aromatic rings. The van der Waals surface area contributed by atoms with Crippen LogP contribution in [0.15, 0.2) is 66.7 Å². The quantitative estimate of drug-likeness (QED) is 0.680. The van der Waals surface area contributed by atoms with Crippen LogP contribution in [0.4, 0.5) is 17.1 Å². The fraction of sp³-hybridized carbons (Fsp3) is 0.182. The van der Waals surface area contributed by atoms with Gasteiger partial charge in [0, 0.05) is 30.2 Å². The minimum atomic E-state index is 0.974. The zero-order chi connectivity index (χ0) is 16.5. The molecule has 2 nitrogen and oxygen atoms in total. The number of rotatable bonds is 3. The average Bonchev–Trinajstić information content (AvgIpc) is 3.01. The van der Waals surface area contributed by atoms with Crippen molar-refractivity contribution in [1.82, 2.24) is 0 Å². The number of fused-ring (bicyclic) bond motifs is 1. The number of aryl methyl sites for hydroxylation is 2. The van der Waals surface area contributed by atoms with E-state index in [-0.39, 0.29) is 0 Å². The van der Waals surface area contributed by atoms with Gasteiger partial charge in [0.2, 0.25) is 0 Å². The third kappa shape index (κ3) is 2.88. The van der Waals surface area contributed by atoms with Crippen molar-refractivity contribution in [2.24, 2.45) is 0 Å². The fourth-order valence-electron chi connectivity index (χ4n) is 3.27. The lowest BCUT2D eigenvalue weighted by atomic mass is 10.1. The highest BCUT2D eigenvalue weighted by molar-refractivity contribution is 5.63. The Morgan fingerprint density at radius 3 is 2.29 bits per heavy atom. The Morgan fingerprint density at radius 2 is 1.50 bits per heavy atom. The summed E-state index contributed by atoms with van der Waals surface area (Å²) >= 11 is 0. The smallest absolute Gasteiger partial charge is 0.0437 e. The summed E-state index contributed by atoms with van der Waals surface area (Å²) < 4.78 is 0. The molecule has 3 aromatic carbocycles. The van der Waals surface area contributed by atoms with Crippen molar-refractivity contribution in [3.63, 3.8) is 0 Å². The third-order valence-corrected chi connectivity index (χ3v) is 4.85. The second-order valence-electron chi connectivity index (χ2n) is 6.60. The predicted octanol–water partition coefficient (Wildman–Crippen LogP) is 5.57. The van der Waals surface area contributed by atoms with Crippen LogP contribution in [0.5, 0.6) is 0 Å². The van der Waals surface area contributed by atoms with Crippen LogP contribution in [-0.2, 0) is 13.1 Å². The Labute approximate surface area is 143 Å². The molecule has 0 aromatic heterocycles. The zero-order valence-corrected chi connectivity index (χ0v) is 14.2. The minimum Gasteiger partial charge on any atom is -0.363 e. The molecular formula is C22H22N2. The second kappa shape index (κ2) is 6.04. The molecule has 0 unspecified atom stereocenters. The van der Waals surface area contributed by atoms with Crippen molar-refractivity contribution in [3.05, 3.63) is 89.0 Å². The number of hydrogen-bond donors (Lipinski definition) is 1. The number of anilines is 3. The molecule has 0 fully saturated rings. The van der Waals surface area contributed by atoms with Crippen molar-refractivity contribution >= 4 is 17.1 Å². The molecule has 0 aliphatic carbocycles. The first-order valence-corrected chi connectivity index (χ1v) is 8.45. The summed E-state index contributed by atoms with van der Waals surface area (Å²) in [6, 6.07) is 23.8. The van der Waals surface area contributed by atoms with Gasteiger partial charge in [-0.05, 0) is 72.5 Å². The lowest BCUT2D eigenvalue weighted by molar-refractivity contribution is 0.879. The molecule has 0 amide bonds. The molecule has 0 radical (unpaired) electrons. The fourth-order valence-corrected chi connectivity index (χ4v) is 3.27. The van der Waals surface area contributed by atoms with Crippen LogP contribution in [0.25, 0.3) is 0 Å². The average molecular weight is 314 g/mol. The molecule has 1 aliphatic rings. The molecule has 0 saturated carbocycles. The van der Waals surface area contributed by atoms with E-state index >= 15 is 0 Å². The van der Waals surface area contributed by atoms with Crippen LogP contribution in [0.2, 0.25) is 0 Å². The predicted molar refractivity (Wildman–Crippen MR) is 102 cm³/mol. The Kier molecular flexibility index (Phi) is 3.73. The van der Waals surface area contributed by atoms with Crippen molar-refractivity contribution in [2.75, 3.05) is 10.2 Å². The normalized spacial score (nSPS) is 13.0. The van der Waals surface area contributed by atoms with Gasteiger partial charge in [-0.2, -0.15) is 0 Å². The summed E-state index contributed by atoms with van der Waals surface area (Å²) in [6.07, 6.45) is 0. The number of nitrogens with zero attached hydrogens (tertiary/aromatic N) is 1. The third-order valence-electron chi connectivity index (χ3n) is 4.85. The van der Waals surface area contributed by atoms with Gasteiger partial charge in [0.1, 0.15) is 0 Å². The number of hydrogen-bond acceptors (Lipinski definition) is 2. The first-order valence-electron chi connectivity index (χ1n) is 8.45. The molecule has 0 bridgehead atoms. The second-order valence-corrected chi connectivity index (χ2v) is 6.60. The lowest BCUT2D eigenvalue weighted by Crippen LogP contribution is -2.14. The summed E-state index contributed by atoms with van der Waals surface area (Å²) in [6.45, 7) is 6.31. The Morgan fingerprint density at radius 1 is 0.708 bits per heavy atom. The van der Waals surface area contributed by atoms with Gasteiger partial charge in [0.25, 0.3) is 0 Å². The van der Waals surface area contributed by atoms with Crippen LogP contribution in [-0.4, -0.2) is 0 Å². The highest BCUT2D eigenvalue weighted by Gasteiger charge is 2.19. The molecule has 0 spiro atoms. The lowest BCUT2D eigenvalue weighted by Gasteiger charge is -2.18. The van der Waals surface area contributed by atoms with Crippen LogP contribution in [0.3, 0.4) is 0 Å². The van der Waals surface area contributed by atoms with E-state index in [0.29, 0.717) is 0 Å². The van der Waals surface area contributed by atoms with Crippen molar-refractivity contribution in [1.29, 1.82) is 0 Å². The van der Waals surface area contributed by atoms with E-state index in [4.69, 9.17) is 0 Å². The molecule has 4 rings (SSSR count). The van der Waals surface area contributed by atoms with Gasteiger partial charge in [-0.25, -0.2) is 0 Å². The van der Waals surface area contributed by atoms with Crippen LogP contribution in [0, 0.1) is 13.8 Å². The molecule has 0 saturated heterocycles. The van der Waals surface area contributed by atoms with Crippen molar-refractivity contribution in [2.45, 2.75) is 26.9 Å². The van der Waals surface area contributed by atoms with Gasteiger partial charge < -0.3 is 10.2 Å². The summed E-state index contributed by atoms with van der Waals surface area (Å²) in [5.74, 6) is 0. The van der Waals surface area contributed by atoms with E-state index in [9.17, 15) is 0 Å². The van der Waals surface area contributed by atoms with Crippen molar-refractivity contribution < 1.29 is 0 Å². The Bertz CT molecular complexity index is 868. The summed E-state index contributed by atoms with van der Waals surface area (Å²) in [5.41, 5.74) is 9.14. The summed E-state index contributed by atoms with van der Waals surface area (Å²) in [4.78, 5) is 2.45. The standard InChI is InChI=1S/C22H22N2/c1-16-8-11-22(12-17(16)2)24-14-18-9-10-21(13-19(18)15-24)23-20-6-4-3-5-7-20/h3-13,23H,14-15H2,1-2H3. The van der Waals surface area contributed by atoms with E-state index in [0.717, 1.165) is 24.5 Å². The van der Waals surface area contributed by atoms with Crippen molar-refractivity contribution in [3.8, 4) is 0 Å². The van der Waals surface area contributed by atoms with Gasteiger partial charge in [-0.3, -0.25) is 0 Å². The number of nitrogens with one attached hydrogen (secondary N) is 1. The van der Waals surface area contributed by atoms with E-state index in [1.54, 1.807) is 0 Å². The van der Waals surface area contributed by atoms with Gasteiger partial charge in [0.15, 0.2) is 0 Å². The summed E-state index contributed by atoms with van der Waals surface area (Å²) in [7, 11) is 0. The zero-order valence-electron chi connectivity index (χ0n) is 14.2. The van der Waals surface area contributed by atoms with E-state index in [1.165, 1.54) is 27.9 Å². The maximum absolute atomic E-state index is 3.49. The van der Waals surface area contributed by atoms with E-state index in [2.05, 4.69) is 84.7 Å². The first-order chi connectivity index (χ1) is 11.7. The van der Waals surface area contributed by atoms with Crippen LogP contribution in [0.1, 0.15) is 22.3 Å². The van der Waals surface area contributed by atoms with E-state index in [1.807, 2.05) is 6.07 Å². The van der Waals surface area contributed by atoms with Crippen LogP contribution < -0.4 is 10.2 Å². The molecule has 0 atom stereocenters. The molecule has 1 heterocycles. The van der Waals surface area contributed by atoms with E-state index < -0.39 is 0 Å². The number of benzene rings is 3. The topological polar surface area (TPSA) is 15.3 Å². The monoisotopic (exact) mass is 314 g/mol. The highest BCUT2D eigenvalue weighted by Crippen LogP contribution is 2.31. The largest absolute Gasteiger partial charge is 0.363 e. The van der Waals surface area contributed by atoms with Crippen LogP contribution >= 0.6 is 0 Å². The van der Waals surface area contributed by atoms with Gasteiger partial charge in [-0.1, -0.05) is 30.3 Å². The maximum Gasteiger partial charge on any atom is 0.0437 e. The molecule has 2 heteroatoms. The summed E-state index contributed by atoms with van der Waals surface area (Å²) in [5, 5.41) is 3.49. The van der Waals surface area contributed by atoms with Gasteiger partial charge in [0.05, 0.1) is 0 Å². The maximum atomic E-state index is 3.49. The first kappa shape index (κ1) is 14.8. The van der Waals surface area contributed by atoms with Gasteiger partial charge >= 0.3 is 0 Å². The molecular weight excluding hydrogens is 292 g/mol. The Hall–Kier alpha value is -2.74. The molecule has 120 valence electrons. The molecule has 1 N–H and O–H groups in total. The molecule has 24 heavy (non-hydrogen) atoms. The Balaban J connectivity index is 1.55.